The summed E-state index contributed by atoms with van der Waals surface area (Å²) in [5.74, 6) is -1.78. The van der Waals surface area contributed by atoms with Crippen LogP contribution in [-0.2, 0) is 19.2 Å². The molecule has 0 aromatic carbocycles. The van der Waals surface area contributed by atoms with Gasteiger partial charge in [0, 0.05) is 0 Å². The summed E-state index contributed by atoms with van der Waals surface area (Å²) in [5, 5.41) is 26.6. The number of carbonyl (C=O) groups excluding carboxylic acids is 3. The van der Waals surface area contributed by atoms with Crippen molar-refractivity contribution in [3.8, 4) is 0 Å². The molecule has 0 bridgehead atoms. The largest absolute Gasteiger partial charge is 0.480 e. The number of aliphatic hydroxyl groups is 1. The third kappa shape index (κ3) is 11.9. The van der Waals surface area contributed by atoms with Crippen molar-refractivity contribution in [1.82, 2.24) is 16.0 Å². The average molecular weight is 495 g/mol. The molecule has 5 atom stereocenters. The van der Waals surface area contributed by atoms with Gasteiger partial charge in [0.25, 0.3) is 0 Å². The maximum Gasteiger partial charge on any atom is 0.326 e. The minimum atomic E-state index is -1.19. The standard InChI is InChI=1S/C20H38N4O6S2/c1-11(2)10-15(20(29)30)24-18(27)13(6-8-31-4)22-17(26)14(7-9-32-5)23-19(28)16(21)12(3)25/h11-16,25H,6-10,21H2,1-5H3,(H,22,26)(H,23,28)(H,24,27)(H,29,30). The zero-order chi connectivity index (χ0) is 24.8. The van der Waals surface area contributed by atoms with Crippen molar-refractivity contribution in [2.24, 2.45) is 11.7 Å². The van der Waals surface area contributed by atoms with Gasteiger partial charge in [-0.3, -0.25) is 14.4 Å². The number of carbonyl (C=O) groups is 4. The number of hydrogen-bond donors (Lipinski definition) is 6. The van der Waals surface area contributed by atoms with Crippen LogP contribution in [-0.4, -0.2) is 88.2 Å². The van der Waals surface area contributed by atoms with E-state index in [4.69, 9.17) is 5.73 Å². The Bertz CT molecular complexity index is 621. The van der Waals surface area contributed by atoms with Gasteiger partial charge in [-0.15, -0.1) is 0 Å². The fraction of sp³-hybridized carbons (Fsp3) is 0.800. The summed E-state index contributed by atoms with van der Waals surface area (Å²) in [6, 6.07) is -4.16. The van der Waals surface area contributed by atoms with E-state index in [1.807, 2.05) is 26.4 Å². The molecular formula is C20H38N4O6S2. The molecule has 0 radical (unpaired) electrons. The Balaban J connectivity index is 5.42. The van der Waals surface area contributed by atoms with Gasteiger partial charge in [-0.1, -0.05) is 13.8 Å². The lowest BCUT2D eigenvalue weighted by Gasteiger charge is -2.25. The smallest absolute Gasteiger partial charge is 0.326 e. The Morgan fingerprint density at radius 1 is 0.812 bits per heavy atom. The van der Waals surface area contributed by atoms with Gasteiger partial charge in [-0.25, -0.2) is 4.79 Å². The number of aliphatic hydroxyl groups excluding tert-OH is 1. The maximum absolute atomic E-state index is 12.9. The third-order valence-corrected chi connectivity index (χ3v) is 5.92. The lowest BCUT2D eigenvalue weighted by Crippen LogP contribution is -2.58. The number of nitrogens with two attached hydrogens (primary N) is 1. The molecule has 0 heterocycles. The van der Waals surface area contributed by atoms with Crippen LogP contribution in [0.4, 0.5) is 0 Å². The van der Waals surface area contributed by atoms with E-state index in [0.29, 0.717) is 24.3 Å². The predicted octanol–water partition coefficient (Wildman–Crippen LogP) is -0.214. The summed E-state index contributed by atoms with van der Waals surface area (Å²) in [6.45, 7) is 5.08. The van der Waals surface area contributed by atoms with Crippen LogP contribution in [0.2, 0.25) is 0 Å². The quantitative estimate of drug-likeness (QED) is 0.170. The minimum absolute atomic E-state index is 0.0555. The second-order valence-electron chi connectivity index (χ2n) is 7.98. The van der Waals surface area contributed by atoms with Crippen LogP contribution in [0.15, 0.2) is 0 Å². The van der Waals surface area contributed by atoms with Crippen LogP contribution in [0.25, 0.3) is 0 Å². The van der Waals surface area contributed by atoms with Gasteiger partial charge in [0.1, 0.15) is 24.2 Å². The Morgan fingerprint density at radius 2 is 1.22 bits per heavy atom. The Morgan fingerprint density at radius 3 is 1.56 bits per heavy atom. The molecule has 0 aliphatic carbocycles. The molecule has 3 amide bonds. The van der Waals surface area contributed by atoms with Crippen LogP contribution in [0.5, 0.6) is 0 Å². The zero-order valence-electron chi connectivity index (χ0n) is 19.4. The van der Waals surface area contributed by atoms with E-state index in [1.54, 1.807) is 0 Å². The first-order valence-corrected chi connectivity index (χ1v) is 13.3. The SMILES string of the molecule is CSCCC(NC(=O)C(CCSC)NC(=O)C(N)C(C)O)C(=O)NC(CC(C)C)C(=O)O. The molecule has 5 unspecified atom stereocenters. The molecule has 0 aliphatic heterocycles. The summed E-state index contributed by atoms with van der Waals surface area (Å²) >= 11 is 2.97. The van der Waals surface area contributed by atoms with Gasteiger partial charge in [0.05, 0.1) is 6.10 Å². The second-order valence-corrected chi connectivity index (χ2v) is 9.95. The normalized spacial score (nSPS) is 15.9. The third-order valence-electron chi connectivity index (χ3n) is 4.63. The van der Waals surface area contributed by atoms with Crippen molar-refractivity contribution in [3.05, 3.63) is 0 Å². The molecule has 0 spiro atoms. The number of thioether (sulfide) groups is 2. The van der Waals surface area contributed by atoms with E-state index >= 15 is 0 Å². The van der Waals surface area contributed by atoms with Gasteiger partial charge in [-0.2, -0.15) is 23.5 Å². The van der Waals surface area contributed by atoms with Crippen LogP contribution in [0.1, 0.15) is 40.0 Å². The Kier molecular flexibility index (Phi) is 15.4. The summed E-state index contributed by atoms with van der Waals surface area (Å²) in [5.41, 5.74) is 5.65. The maximum atomic E-state index is 12.9. The highest BCUT2D eigenvalue weighted by atomic mass is 32.2. The number of rotatable bonds is 16. The van der Waals surface area contributed by atoms with Crippen LogP contribution in [0.3, 0.4) is 0 Å². The van der Waals surface area contributed by atoms with E-state index < -0.39 is 54.0 Å². The number of carboxylic acids is 1. The molecular weight excluding hydrogens is 456 g/mol. The summed E-state index contributed by atoms with van der Waals surface area (Å²) in [7, 11) is 0. The molecule has 0 fully saturated rings. The minimum Gasteiger partial charge on any atom is -0.480 e. The fourth-order valence-electron chi connectivity index (χ4n) is 2.73. The molecule has 0 aliphatic rings. The van der Waals surface area contributed by atoms with Crippen molar-refractivity contribution in [3.63, 3.8) is 0 Å². The molecule has 12 heteroatoms. The van der Waals surface area contributed by atoms with Crippen molar-refractivity contribution in [2.75, 3.05) is 24.0 Å². The molecule has 0 saturated heterocycles. The summed E-state index contributed by atoms with van der Waals surface area (Å²) in [4.78, 5) is 49.5. The number of aliphatic carboxylic acids is 1. The van der Waals surface area contributed by atoms with Crippen molar-refractivity contribution in [1.29, 1.82) is 0 Å². The molecule has 0 aromatic heterocycles. The first-order chi connectivity index (χ1) is 14.9. The van der Waals surface area contributed by atoms with E-state index in [2.05, 4.69) is 16.0 Å². The van der Waals surface area contributed by atoms with E-state index in [0.717, 1.165) is 0 Å². The van der Waals surface area contributed by atoms with Crippen LogP contribution < -0.4 is 21.7 Å². The molecule has 0 rings (SSSR count). The molecule has 0 aromatic rings. The molecule has 32 heavy (non-hydrogen) atoms. The highest BCUT2D eigenvalue weighted by molar-refractivity contribution is 7.98. The van der Waals surface area contributed by atoms with Crippen molar-refractivity contribution >= 4 is 47.2 Å². The number of carboxylic acid groups (broad SMARTS) is 1. The van der Waals surface area contributed by atoms with Crippen molar-refractivity contribution in [2.45, 2.75) is 70.3 Å². The summed E-state index contributed by atoms with van der Waals surface area (Å²) in [6.07, 6.45) is 3.47. The highest BCUT2D eigenvalue weighted by Gasteiger charge is 2.30. The van der Waals surface area contributed by atoms with Gasteiger partial charge < -0.3 is 31.9 Å². The molecule has 7 N–H and O–H groups in total. The van der Waals surface area contributed by atoms with E-state index in [9.17, 15) is 29.4 Å². The lowest BCUT2D eigenvalue weighted by molar-refractivity contribution is -0.142. The predicted molar refractivity (Wildman–Crippen MR) is 129 cm³/mol. The Hall–Kier alpha value is -1.50. The monoisotopic (exact) mass is 494 g/mol. The zero-order valence-corrected chi connectivity index (χ0v) is 21.1. The van der Waals surface area contributed by atoms with Crippen molar-refractivity contribution < 1.29 is 29.4 Å². The number of nitrogens with one attached hydrogen (secondary N) is 3. The van der Waals surface area contributed by atoms with Gasteiger partial charge in [0.2, 0.25) is 17.7 Å². The van der Waals surface area contributed by atoms with Gasteiger partial charge >= 0.3 is 5.97 Å². The van der Waals surface area contributed by atoms with E-state index in [-0.39, 0.29) is 12.3 Å². The van der Waals surface area contributed by atoms with E-state index in [1.165, 1.54) is 30.4 Å². The summed E-state index contributed by atoms with van der Waals surface area (Å²) < 4.78 is 0. The van der Waals surface area contributed by atoms with Gasteiger partial charge in [0.15, 0.2) is 0 Å². The van der Waals surface area contributed by atoms with Crippen LogP contribution >= 0.6 is 23.5 Å². The first-order valence-electron chi connectivity index (χ1n) is 10.5. The highest BCUT2D eigenvalue weighted by Crippen LogP contribution is 2.08. The fourth-order valence-corrected chi connectivity index (χ4v) is 3.68. The second kappa shape index (κ2) is 16.2. The van der Waals surface area contributed by atoms with Crippen LogP contribution in [0, 0.1) is 5.92 Å². The molecule has 0 saturated carbocycles. The number of hydrogen-bond acceptors (Lipinski definition) is 8. The lowest BCUT2D eigenvalue weighted by atomic mass is 10.0. The van der Waals surface area contributed by atoms with Gasteiger partial charge in [-0.05, 0) is 56.1 Å². The molecule has 186 valence electrons. The molecule has 10 nitrogen and oxygen atoms in total. The average Bonchev–Trinajstić information content (AvgIpc) is 2.71. The number of amides is 3. The Labute approximate surface area is 198 Å². The first kappa shape index (κ1) is 30.5. The topological polar surface area (TPSA) is 171 Å².